The van der Waals surface area contributed by atoms with Crippen LogP contribution in [0, 0.1) is 10.1 Å². The molecule has 0 aliphatic rings. The van der Waals surface area contributed by atoms with Crippen molar-refractivity contribution < 1.29 is 4.92 Å². The molecule has 1 rings (SSSR count). The Kier molecular flexibility index (Phi) is 11.7. The van der Waals surface area contributed by atoms with E-state index in [1.54, 1.807) is 0 Å². The van der Waals surface area contributed by atoms with E-state index in [9.17, 15) is 10.1 Å². The van der Waals surface area contributed by atoms with Crippen LogP contribution in [0.4, 0.5) is 0 Å². The summed E-state index contributed by atoms with van der Waals surface area (Å²) in [6.45, 7) is 0.132. The van der Waals surface area contributed by atoms with E-state index in [1.807, 2.05) is 18.5 Å². The van der Waals surface area contributed by atoms with Crippen LogP contribution in [0.2, 0.25) is 0 Å². The van der Waals surface area contributed by atoms with Crippen LogP contribution in [-0.4, -0.2) is 16.5 Å². The van der Waals surface area contributed by atoms with Crippen LogP contribution in [0.5, 0.6) is 0 Å². The second-order valence-electron chi connectivity index (χ2n) is 6.04. The summed E-state index contributed by atoms with van der Waals surface area (Å²) in [6, 6.07) is 4.11. The lowest BCUT2D eigenvalue weighted by Crippen LogP contribution is -1.99. The van der Waals surface area contributed by atoms with E-state index in [-0.39, 0.29) is 11.5 Å². The van der Waals surface area contributed by atoms with E-state index in [0.29, 0.717) is 0 Å². The normalized spacial score (nSPS) is 11.1. The van der Waals surface area contributed by atoms with Crippen molar-refractivity contribution in [1.29, 1.82) is 0 Å². The Morgan fingerprint density at radius 1 is 0.957 bits per heavy atom. The number of pyridine rings is 1. The van der Waals surface area contributed by atoms with E-state index in [1.165, 1.54) is 44.1 Å². The van der Waals surface area contributed by atoms with Crippen LogP contribution in [0.3, 0.4) is 0 Å². The van der Waals surface area contributed by atoms with Gasteiger partial charge < -0.3 is 0 Å². The molecule has 0 aliphatic heterocycles. The number of nitrogens with zero attached hydrogens (tertiary/aromatic N) is 2. The Hall–Kier alpha value is -1.71. The van der Waals surface area contributed by atoms with Crippen molar-refractivity contribution in [2.45, 2.75) is 70.6 Å². The second-order valence-corrected chi connectivity index (χ2v) is 6.04. The van der Waals surface area contributed by atoms with Gasteiger partial charge in [0.2, 0.25) is 6.54 Å². The zero-order chi connectivity index (χ0) is 16.6. The highest BCUT2D eigenvalue weighted by atomic mass is 16.6. The van der Waals surface area contributed by atoms with E-state index in [2.05, 4.69) is 23.2 Å². The quantitative estimate of drug-likeness (QED) is 0.201. The fraction of sp³-hybridized carbons (Fsp3) is 0.632. The number of hydrogen-bond acceptors (Lipinski definition) is 3. The number of aryl methyl sites for hydroxylation is 1. The van der Waals surface area contributed by atoms with Crippen molar-refractivity contribution in [3.8, 4) is 0 Å². The van der Waals surface area contributed by atoms with Gasteiger partial charge >= 0.3 is 0 Å². The Labute approximate surface area is 140 Å². The Morgan fingerprint density at radius 2 is 1.61 bits per heavy atom. The predicted octanol–water partition coefficient (Wildman–Crippen LogP) is 5.36. The average molecular weight is 318 g/mol. The first-order valence-electron chi connectivity index (χ1n) is 8.95. The number of hydrogen-bond donors (Lipinski definition) is 0. The highest BCUT2D eigenvalue weighted by Crippen LogP contribution is 2.10. The van der Waals surface area contributed by atoms with E-state index < -0.39 is 0 Å². The lowest BCUT2D eigenvalue weighted by Gasteiger charge is -2.00. The number of allylic oxidation sites excluding steroid dienone is 2. The molecule has 0 aromatic carbocycles. The van der Waals surface area contributed by atoms with Crippen molar-refractivity contribution >= 4 is 0 Å². The van der Waals surface area contributed by atoms with Gasteiger partial charge in [-0.25, -0.2) is 0 Å². The van der Waals surface area contributed by atoms with E-state index >= 15 is 0 Å². The molecule has 0 saturated carbocycles. The molecule has 1 aromatic heterocycles. The molecule has 23 heavy (non-hydrogen) atoms. The summed E-state index contributed by atoms with van der Waals surface area (Å²) >= 11 is 0. The topological polar surface area (TPSA) is 56.0 Å². The molecule has 0 unspecified atom stereocenters. The first-order valence-corrected chi connectivity index (χ1v) is 8.95. The number of unbranched alkanes of at least 4 members (excludes halogenated alkanes) is 8. The minimum absolute atomic E-state index is 0.132. The molecule has 1 heterocycles. The first kappa shape index (κ1) is 19.3. The molecular weight excluding hydrogens is 288 g/mol. The van der Waals surface area contributed by atoms with Crippen LogP contribution >= 0.6 is 0 Å². The van der Waals surface area contributed by atoms with Crippen molar-refractivity contribution in [2.75, 3.05) is 6.54 Å². The molecule has 0 N–H and O–H groups in total. The largest absolute Gasteiger partial charge is 0.265 e. The Balaban J connectivity index is 1.81. The molecule has 0 atom stereocenters. The van der Waals surface area contributed by atoms with Crippen molar-refractivity contribution in [1.82, 2.24) is 4.98 Å². The van der Waals surface area contributed by atoms with Gasteiger partial charge in [0.15, 0.2) is 0 Å². The van der Waals surface area contributed by atoms with Gasteiger partial charge in [0.1, 0.15) is 0 Å². The van der Waals surface area contributed by atoms with E-state index in [0.717, 1.165) is 32.1 Å². The van der Waals surface area contributed by atoms with Gasteiger partial charge in [-0.15, -0.1) is 0 Å². The lowest BCUT2D eigenvalue weighted by atomic mass is 10.1. The smallest absolute Gasteiger partial charge is 0.203 e. The van der Waals surface area contributed by atoms with E-state index in [4.69, 9.17) is 0 Å². The SMILES string of the molecule is O=[N+]([O-])CCCCCCCCCCC=CCCc1cccnc1. The molecule has 128 valence electrons. The Morgan fingerprint density at radius 3 is 2.26 bits per heavy atom. The maximum atomic E-state index is 10.2. The van der Waals surface area contributed by atoms with Crippen LogP contribution in [-0.2, 0) is 6.42 Å². The summed E-state index contributed by atoms with van der Waals surface area (Å²) in [5.74, 6) is 0. The number of aromatic nitrogens is 1. The van der Waals surface area contributed by atoms with Crippen molar-refractivity contribution in [3.63, 3.8) is 0 Å². The van der Waals surface area contributed by atoms with Gasteiger partial charge in [0.25, 0.3) is 0 Å². The van der Waals surface area contributed by atoms with Gasteiger partial charge in [-0.05, 0) is 43.7 Å². The fourth-order valence-electron chi connectivity index (χ4n) is 2.60. The molecule has 0 aliphatic carbocycles. The van der Waals surface area contributed by atoms with Crippen molar-refractivity contribution in [2.24, 2.45) is 0 Å². The van der Waals surface area contributed by atoms with Gasteiger partial charge in [-0.2, -0.15) is 0 Å². The number of nitro groups is 1. The lowest BCUT2D eigenvalue weighted by molar-refractivity contribution is -0.480. The molecule has 1 aromatic rings. The average Bonchev–Trinajstić information content (AvgIpc) is 2.56. The number of rotatable bonds is 14. The first-order chi connectivity index (χ1) is 11.3. The highest BCUT2D eigenvalue weighted by Gasteiger charge is 1.96. The van der Waals surface area contributed by atoms with Crippen LogP contribution in [0.25, 0.3) is 0 Å². The maximum Gasteiger partial charge on any atom is 0.203 e. The maximum absolute atomic E-state index is 10.2. The van der Waals surface area contributed by atoms with Gasteiger partial charge in [0.05, 0.1) is 0 Å². The molecule has 0 saturated heterocycles. The third-order valence-electron chi connectivity index (χ3n) is 3.95. The summed E-state index contributed by atoms with van der Waals surface area (Å²) in [4.78, 5) is 14.1. The summed E-state index contributed by atoms with van der Waals surface area (Å²) in [5, 5.41) is 10.2. The second kappa shape index (κ2) is 13.9. The minimum atomic E-state index is -0.218. The zero-order valence-corrected chi connectivity index (χ0v) is 14.2. The molecule has 0 fully saturated rings. The standard InChI is InChI=1S/C19H30N2O2/c22-21(23)17-12-10-8-6-4-2-1-3-5-7-9-11-14-19-15-13-16-20-18-19/h7,9,13,15-16,18H,1-6,8,10-12,14,17H2. The van der Waals surface area contributed by atoms with Gasteiger partial charge in [-0.3, -0.25) is 15.1 Å². The van der Waals surface area contributed by atoms with Crippen LogP contribution in [0.15, 0.2) is 36.7 Å². The van der Waals surface area contributed by atoms with Crippen LogP contribution < -0.4 is 0 Å². The fourth-order valence-corrected chi connectivity index (χ4v) is 2.60. The highest BCUT2D eigenvalue weighted by molar-refractivity contribution is 5.09. The predicted molar refractivity (Wildman–Crippen MR) is 95.1 cm³/mol. The molecule has 4 heteroatoms. The molecular formula is C19H30N2O2. The summed E-state index contributed by atoms with van der Waals surface area (Å²) in [6.07, 6.45) is 20.9. The van der Waals surface area contributed by atoms with Crippen molar-refractivity contribution in [3.05, 3.63) is 52.4 Å². The molecule has 0 spiro atoms. The third kappa shape index (κ3) is 12.5. The monoisotopic (exact) mass is 318 g/mol. The molecule has 0 radical (unpaired) electrons. The third-order valence-corrected chi connectivity index (χ3v) is 3.95. The van der Waals surface area contributed by atoms with Crippen LogP contribution in [0.1, 0.15) is 69.8 Å². The molecule has 0 amide bonds. The Bertz CT molecular complexity index is 432. The summed E-state index contributed by atoms with van der Waals surface area (Å²) < 4.78 is 0. The zero-order valence-electron chi connectivity index (χ0n) is 14.2. The summed E-state index contributed by atoms with van der Waals surface area (Å²) in [7, 11) is 0. The van der Waals surface area contributed by atoms with Gasteiger partial charge in [-0.1, -0.05) is 50.3 Å². The molecule has 0 bridgehead atoms. The summed E-state index contributed by atoms with van der Waals surface area (Å²) in [5.41, 5.74) is 1.30. The van der Waals surface area contributed by atoms with Gasteiger partial charge in [0, 0.05) is 23.7 Å². The minimum Gasteiger partial charge on any atom is -0.265 e. The molecule has 4 nitrogen and oxygen atoms in total.